The van der Waals surface area contributed by atoms with E-state index in [-0.39, 0.29) is 6.67 Å². The van der Waals surface area contributed by atoms with Crippen LogP contribution >= 0.6 is 23.5 Å². The molecule has 3 fully saturated rings. The van der Waals surface area contributed by atoms with Crippen LogP contribution in [0.3, 0.4) is 0 Å². The van der Waals surface area contributed by atoms with Crippen LogP contribution < -0.4 is 21.7 Å². The molecule has 9 atom stereocenters. The second-order valence-corrected chi connectivity index (χ2v) is 11.3. The van der Waals surface area contributed by atoms with E-state index in [0.29, 0.717) is 0 Å². The van der Waals surface area contributed by atoms with Gasteiger partial charge in [-0.2, -0.15) is 8.62 Å². The molecule has 0 saturated carbocycles. The number of hydrogen-bond acceptors (Lipinski definition) is 14. The lowest BCUT2D eigenvalue weighted by molar-refractivity contribution is -0.133. The van der Waals surface area contributed by atoms with Crippen LogP contribution in [0, 0.1) is 0 Å². The molecule has 0 bridgehead atoms. The molecule has 9 unspecified atom stereocenters. The number of hydrogen-bond donors (Lipinski definition) is 10. The third-order valence-electron chi connectivity index (χ3n) is 4.58. The lowest BCUT2D eigenvalue weighted by Gasteiger charge is -2.37. The number of fused-ring (bicyclic) bond motifs is 1. The molecule has 11 N–H and O–H groups in total. The molecule has 0 radical (unpaired) electrons. The van der Waals surface area contributed by atoms with Crippen LogP contribution in [-0.2, 0) is 36.4 Å². The van der Waals surface area contributed by atoms with Gasteiger partial charge in [-0.3, -0.25) is 25.7 Å². The van der Waals surface area contributed by atoms with Gasteiger partial charge in [0.1, 0.15) is 36.9 Å². The summed E-state index contributed by atoms with van der Waals surface area (Å²) in [5.74, 6) is -0.416. The van der Waals surface area contributed by atoms with Crippen molar-refractivity contribution in [1.29, 1.82) is 0 Å². The zero-order valence-corrected chi connectivity index (χ0v) is 18.5. The molecular weight excluding hydrogens is 507 g/mol. The monoisotopic (exact) mass is 529 g/mol. The molecule has 19 nitrogen and oxygen atoms in total. The highest BCUT2D eigenvalue weighted by Gasteiger charge is 2.53. The van der Waals surface area contributed by atoms with E-state index in [9.17, 15) is 33.6 Å². The fourth-order valence-electron chi connectivity index (χ4n) is 3.36. The van der Waals surface area contributed by atoms with E-state index in [0.717, 1.165) is 0 Å². The topological polar surface area (TPSA) is 292 Å². The summed E-state index contributed by atoms with van der Waals surface area (Å²) in [6.07, 6.45) is -7.55. The fraction of sp³-hybridized carbons (Fsp3) is 0.900. The number of carbonyl (C=O) groups is 1. The zero-order chi connectivity index (χ0) is 24.1. The third-order valence-corrected chi connectivity index (χ3v) is 8.38. The number of phosphoric acid groups is 3. The second kappa shape index (κ2) is 9.33. The Labute approximate surface area is 179 Å². The molecule has 22 heteroatoms. The number of ether oxygens (including phenoxy) is 1. The van der Waals surface area contributed by atoms with Gasteiger partial charge in [0, 0.05) is 0 Å². The summed E-state index contributed by atoms with van der Waals surface area (Å²) in [5.41, 5.74) is 5.67. The molecule has 0 aromatic heterocycles. The number of nitrogens with one attached hydrogen (secondary N) is 3. The summed E-state index contributed by atoms with van der Waals surface area (Å²) < 4.78 is 50.8. The first-order valence-corrected chi connectivity index (χ1v) is 13.2. The SMILES string of the molecule is NC1NC(=O)C2NCN(C3OC(COP(=O)(O)OP(=O)(O)OP(=O)(O)O)C(O)C3O)C2N1. The molecule has 1 amide bonds. The summed E-state index contributed by atoms with van der Waals surface area (Å²) in [4.78, 5) is 49.1. The Morgan fingerprint density at radius 1 is 1.09 bits per heavy atom. The van der Waals surface area contributed by atoms with E-state index >= 15 is 0 Å². The molecule has 3 rings (SSSR count). The molecule has 0 spiro atoms. The first kappa shape index (κ1) is 26.2. The van der Waals surface area contributed by atoms with Crippen molar-refractivity contribution < 1.29 is 66.2 Å². The quantitative estimate of drug-likeness (QED) is 0.132. The highest BCUT2D eigenvalue weighted by molar-refractivity contribution is 7.66. The maximum absolute atomic E-state index is 12.0. The van der Waals surface area contributed by atoms with Crippen molar-refractivity contribution in [2.24, 2.45) is 5.73 Å². The van der Waals surface area contributed by atoms with Gasteiger partial charge >= 0.3 is 23.5 Å². The van der Waals surface area contributed by atoms with Crippen LogP contribution in [0.5, 0.6) is 0 Å². The van der Waals surface area contributed by atoms with Crippen molar-refractivity contribution in [3.05, 3.63) is 0 Å². The summed E-state index contributed by atoms with van der Waals surface area (Å²) in [7, 11) is -16.7. The number of rotatable bonds is 8. The molecule has 3 saturated heterocycles. The highest BCUT2D eigenvalue weighted by atomic mass is 31.3. The molecule has 0 aromatic carbocycles. The van der Waals surface area contributed by atoms with E-state index in [1.54, 1.807) is 0 Å². The van der Waals surface area contributed by atoms with E-state index < -0.39 is 79.0 Å². The van der Waals surface area contributed by atoms with Gasteiger partial charge in [-0.05, 0) is 0 Å². The van der Waals surface area contributed by atoms with Crippen molar-refractivity contribution in [1.82, 2.24) is 20.9 Å². The smallest absolute Gasteiger partial charge is 0.387 e. The average molecular weight is 529 g/mol. The summed E-state index contributed by atoms with van der Waals surface area (Å²) in [6, 6.07) is -0.753. The largest absolute Gasteiger partial charge is 0.490 e. The number of phosphoric ester groups is 1. The van der Waals surface area contributed by atoms with E-state index in [2.05, 4.69) is 29.1 Å². The molecule has 186 valence electrons. The van der Waals surface area contributed by atoms with Crippen molar-refractivity contribution in [3.8, 4) is 0 Å². The number of nitrogens with two attached hydrogens (primary N) is 1. The van der Waals surface area contributed by atoms with Crippen molar-refractivity contribution >= 4 is 29.4 Å². The number of nitrogens with zero attached hydrogens (tertiary/aromatic N) is 1. The Bertz CT molecular complexity index is 872. The fourth-order valence-corrected chi connectivity index (χ4v) is 6.39. The summed E-state index contributed by atoms with van der Waals surface area (Å²) in [6.45, 7) is -0.930. The first-order valence-electron chi connectivity index (χ1n) is 8.70. The molecule has 3 heterocycles. The van der Waals surface area contributed by atoms with Crippen molar-refractivity contribution in [3.63, 3.8) is 0 Å². The van der Waals surface area contributed by atoms with E-state index in [4.69, 9.17) is 25.2 Å². The van der Waals surface area contributed by atoms with Crippen LogP contribution in [-0.4, -0.2) is 96.9 Å². The molecule has 32 heavy (non-hydrogen) atoms. The Morgan fingerprint density at radius 2 is 1.75 bits per heavy atom. The zero-order valence-electron chi connectivity index (χ0n) is 15.8. The molecular formula is C10H22N5O14P3. The molecule has 3 aliphatic rings. The van der Waals surface area contributed by atoms with Crippen molar-refractivity contribution in [2.45, 2.75) is 43.0 Å². The highest BCUT2D eigenvalue weighted by Crippen LogP contribution is 2.66. The Balaban J connectivity index is 1.61. The van der Waals surface area contributed by atoms with Crippen LogP contribution in [0.2, 0.25) is 0 Å². The standard InChI is InChI=1S/C10H22N5O14P3/c11-10-13-7-4(8(18)14-10)12-2-15(7)9-6(17)5(16)3(27-9)1-26-31(22,23)29-32(24,25)28-30(19,20)21/h3-7,9-10,12-13,16-17H,1-2,11H2,(H,14,18)(H,22,23)(H,24,25)(H2,19,20,21). The van der Waals surface area contributed by atoms with Gasteiger partial charge in [0.25, 0.3) is 0 Å². The van der Waals surface area contributed by atoms with Gasteiger partial charge in [-0.15, -0.1) is 0 Å². The van der Waals surface area contributed by atoms with Gasteiger partial charge in [-0.25, -0.2) is 18.6 Å². The van der Waals surface area contributed by atoms with Gasteiger partial charge in [0.2, 0.25) is 5.91 Å². The summed E-state index contributed by atoms with van der Waals surface area (Å²) in [5, 5.41) is 28.7. The minimum Gasteiger partial charge on any atom is -0.387 e. The third kappa shape index (κ3) is 6.18. The van der Waals surface area contributed by atoms with Gasteiger partial charge in [0.15, 0.2) is 0 Å². The lowest BCUT2D eigenvalue weighted by Crippen LogP contribution is -2.71. The molecule has 3 aliphatic heterocycles. The maximum Gasteiger partial charge on any atom is 0.490 e. The van der Waals surface area contributed by atoms with Crippen molar-refractivity contribution in [2.75, 3.05) is 13.3 Å². The van der Waals surface area contributed by atoms with Gasteiger partial charge in [-0.1, -0.05) is 0 Å². The Hall–Kier alpha value is -0.400. The first-order chi connectivity index (χ1) is 14.6. The Kier molecular flexibility index (Phi) is 7.64. The van der Waals surface area contributed by atoms with Crippen LogP contribution in [0.25, 0.3) is 0 Å². The Morgan fingerprint density at radius 3 is 2.38 bits per heavy atom. The number of aliphatic hydroxyl groups is 2. The van der Waals surface area contributed by atoms with Crippen LogP contribution in [0.1, 0.15) is 0 Å². The van der Waals surface area contributed by atoms with Gasteiger partial charge < -0.3 is 39.8 Å². The van der Waals surface area contributed by atoms with E-state index in [1.807, 2.05) is 0 Å². The van der Waals surface area contributed by atoms with Crippen LogP contribution in [0.15, 0.2) is 0 Å². The van der Waals surface area contributed by atoms with E-state index in [1.165, 1.54) is 4.90 Å². The van der Waals surface area contributed by atoms with Gasteiger partial charge in [0.05, 0.1) is 19.4 Å². The minimum absolute atomic E-state index is 0.0273. The normalized spacial score (nSPS) is 39.8. The maximum atomic E-state index is 12.0. The second-order valence-electron chi connectivity index (χ2n) is 6.88. The number of amides is 1. The summed E-state index contributed by atoms with van der Waals surface area (Å²) >= 11 is 0. The lowest BCUT2D eigenvalue weighted by atomic mass is 10.1. The number of carbonyl (C=O) groups excluding carboxylic acids is 1. The predicted molar refractivity (Wildman–Crippen MR) is 97.2 cm³/mol. The average Bonchev–Trinajstić information content (AvgIpc) is 3.12. The van der Waals surface area contributed by atoms with Crippen LogP contribution in [0.4, 0.5) is 0 Å². The number of aliphatic hydroxyl groups excluding tert-OH is 2. The molecule has 0 aromatic rings. The predicted octanol–water partition coefficient (Wildman–Crippen LogP) is -4.70. The minimum atomic E-state index is -5.71. The molecule has 0 aliphatic carbocycles.